The van der Waals surface area contributed by atoms with Crippen molar-refractivity contribution in [2.45, 2.75) is 11.7 Å². The van der Waals surface area contributed by atoms with Crippen LogP contribution >= 0.6 is 11.8 Å². The number of hydrogen-bond acceptors (Lipinski definition) is 8. The Morgan fingerprint density at radius 2 is 2.42 bits per heavy atom. The van der Waals surface area contributed by atoms with Gasteiger partial charge in [0.1, 0.15) is 24.1 Å². The summed E-state index contributed by atoms with van der Waals surface area (Å²) in [5.41, 5.74) is 4.21. The second-order valence-corrected chi connectivity index (χ2v) is 5.89. The Hall–Kier alpha value is -1.14. The van der Waals surface area contributed by atoms with Crippen LogP contribution in [0.2, 0.25) is 0 Å². The van der Waals surface area contributed by atoms with Crippen molar-refractivity contribution in [2.75, 3.05) is 18.1 Å². The number of nitrogens with two attached hydrogens (primary N) is 1. The van der Waals surface area contributed by atoms with E-state index in [1.54, 1.807) is 0 Å². The fourth-order valence-corrected chi connectivity index (χ4v) is 2.83. The monoisotopic (exact) mass is 309 g/mol. The van der Waals surface area contributed by atoms with Crippen LogP contribution in [0, 0.1) is 0 Å². The predicted octanol–water partition coefficient (Wildman–Crippen LogP) is -0.767. The standard InChI is InChI=1S/C8H11N3O6S2/c9-5-1-2-11(8(12)10-5)6-4-18-7(17-6)3-16-19(13,14)15/h1-2,6-7H,3-4H2,(H2,9,10,12)(H,13,14,15)/t6-,7+/m0/s1. The fourth-order valence-electron chi connectivity index (χ4n) is 1.46. The van der Waals surface area contributed by atoms with Crippen molar-refractivity contribution < 1.29 is 21.9 Å². The molecule has 1 aliphatic rings. The topological polar surface area (TPSA) is 134 Å². The van der Waals surface area contributed by atoms with E-state index in [1.165, 1.54) is 28.6 Å². The number of thioether (sulfide) groups is 1. The largest absolute Gasteiger partial charge is 0.397 e. The Morgan fingerprint density at radius 3 is 3.05 bits per heavy atom. The summed E-state index contributed by atoms with van der Waals surface area (Å²) >= 11 is 1.26. The number of aromatic nitrogens is 2. The summed E-state index contributed by atoms with van der Waals surface area (Å²) in [4.78, 5) is 15.1. The molecule has 0 radical (unpaired) electrons. The quantitative estimate of drug-likeness (QED) is 0.687. The van der Waals surface area contributed by atoms with Crippen molar-refractivity contribution in [3.63, 3.8) is 0 Å². The molecule has 0 amide bonds. The van der Waals surface area contributed by atoms with Crippen LogP contribution in [0.25, 0.3) is 0 Å². The van der Waals surface area contributed by atoms with Gasteiger partial charge in [-0.3, -0.25) is 9.12 Å². The third-order valence-electron chi connectivity index (χ3n) is 2.25. The molecule has 1 aliphatic heterocycles. The highest BCUT2D eigenvalue weighted by molar-refractivity contribution is 8.00. The molecule has 0 bridgehead atoms. The maximum Gasteiger partial charge on any atom is 0.397 e. The van der Waals surface area contributed by atoms with Crippen molar-refractivity contribution in [3.05, 3.63) is 22.7 Å². The Labute approximate surface area is 112 Å². The molecule has 0 spiro atoms. The van der Waals surface area contributed by atoms with E-state index in [-0.39, 0.29) is 12.4 Å². The zero-order valence-corrected chi connectivity index (χ0v) is 11.1. The van der Waals surface area contributed by atoms with Crippen LogP contribution in [0.15, 0.2) is 17.1 Å². The molecule has 0 saturated carbocycles. The maximum absolute atomic E-state index is 11.6. The molecule has 1 fully saturated rings. The molecule has 0 aromatic carbocycles. The normalized spacial score (nSPS) is 23.6. The smallest absolute Gasteiger partial charge is 0.383 e. The first-order valence-corrected chi connectivity index (χ1v) is 7.50. The lowest BCUT2D eigenvalue weighted by Gasteiger charge is -2.13. The van der Waals surface area contributed by atoms with E-state index in [9.17, 15) is 13.2 Å². The molecule has 1 saturated heterocycles. The Bertz CT molecular complexity index is 615. The van der Waals surface area contributed by atoms with Crippen molar-refractivity contribution in [1.82, 2.24) is 9.55 Å². The zero-order chi connectivity index (χ0) is 14.0. The van der Waals surface area contributed by atoms with Crippen molar-refractivity contribution in [2.24, 2.45) is 0 Å². The van der Waals surface area contributed by atoms with Gasteiger partial charge in [-0.15, -0.1) is 11.8 Å². The zero-order valence-electron chi connectivity index (χ0n) is 9.50. The lowest BCUT2D eigenvalue weighted by molar-refractivity contribution is -0.00263. The molecule has 19 heavy (non-hydrogen) atoms. The van der Waals surface area contributed by atoms with Gasteiger partial charge in [0.25, 0.3) is 0 Å². The van der Waals surface area contributed by atoms with Gasteiger partial charge < -0.3 is 10.5 Å². The van der Waals surface area contributed by atoms with Gasteiger partial charge in [-0.05, 0) is 6.07 Å². The van der Waals surface area contributed by atoms with Gasteiger partial charge in [-0.2, -0.15) is 13.4 Å². The van der Waals surface area contributed by atoms with E-state index in [4.69, 9.17) is 15.0 Å². The number of ether oxygens (including phenoxy) is 1. The van der Waals surface area contributed by atoms with E-state index >= 15 is 0 Å². The van der Waals surface area contributed by atoms with E-state index in [0.29, 0.717) is 5.75 Å². The van der Waals surface area contributed by atoms with Crippen LogP contribution in [0.3, 0.4) is 0 Å². The number of nitrogens with zero attached hydrogens (tertiary/aromatic N) is 2. The number of nitrogen functional groups attached to an aromatic ring is 1. The van der Waals surface area contributed by atoms with Crippen LogP contribution in [0.5, 0.6) is 0 Å². The van der Waals surface area contributed by atoms with Gasteiger partial charge in [-0.1, -0.05) is 0 Å². The van der Waals surface area contributed by atoms with Crippen molar-refractivity contribution in [3.8, 4) is 0 Å². The van der Waals surface area contributed by atoms with Gasteiger partial charge in [0.05, 0.1) is 0 Å². The van der Waals surface area contributed by atoms with E-state index in [0.717, 1.165) is 0 Å². The average molecular weight is 309 g/mol. The molecular formula is C8H11N3O6S2. The Balaban J connectivity index is 2.00. The molecule has 11 heteroatoms. The summed E-state index contributed by atoms with van der Waals surface area (Å²) < 4.78 is 40.1. The first kappa shape index (κ1) is 14.3. The maximum atomic E-state index is 11.6. The first-order valence-electron chi connectivity index (χ1n) is 5.09. The average Bonchev–Trinajstić information content (AvgIpc) is 2.74. The minimum absolute atomic E-state index is 0.109. The van der Waals surface area contributed by atoms with Crippen LogP contribution < -0.4 is 11.4 Å². The Kier molecular flexibility index (Phi) is 4.10. The minimum Gasteiger partial charge on any atom is -0.383 e. The summed E-state index contributed by atoms with van der Waals surface area (Å²) in [6.07, 6.45) is 0.864. The molecule has 0 unspecified atom stereocenters. The number of hydrogen-bond donors (Lipinski definition) is 2. The van der Waals surface area contributed by atoms with Crippen LogP contribution in [-0.2, 0) is 19.3 Å². The van der Waals surface area contributed by atoms with Gasteiger partial charge in [0, 0.05) is 11.9 Å². The van der Waals surface area contributed by atoms with Gasteiger partial charge >= 0.3 is 16.1 Å². The van der Waals surface area contributed by atoms with Crippen LogP contribution in [0.1, 0.15) is 6.23 Å². The fraction of sp³-hybridized carbons (Fsp3) is 0.500. The van der Waals surface area contributed by atoms with Gasteiger partial charge in [0.15, 0.2) is 0 Å². The van der Waals surface area contributed by atoms with Gasteiger partial charge in [-0.25, -0.2) is 8.98 Å². The molecular weight excluding hydrogens is 298 g/mol. The van der Waals surface area contributed by atoms with E-state index in [2.05, 4.69) is 9.17 Å². The van der Waals surface area contributed by atoms with Crippen LogP contribution in [-0.4, -0.2) is 40.3 Å². The summed E-state index contributed by atoms with van der Waals surface area (Å²) in [6.45, 7) is -0.336. The summed E-state index contributed by atoms with van der Waals surface area (Å²) in [7, 11) is -4.50. The highest BCUT2D eigenvalue weighted by Gasteiger charge is 2.29. The van der Waals surface area contributed by atoms with E-state index in [1.807, 2.05) is 0 Å². The highest BCUT2D eigenvalue weighted by Crippen LogP contribution is 2.31. The first-order chi connectivity index (χ1) is 8.85. The molecule has 2 heterocycles. The third-order valence-corrected chi connectivity index (χ3v) is 3.78. The number of rotatable bonds is 4. The summed E-state index contributed by atoms with van der Waals surface area (Å²) in [5, 5.41) is 0. The molecule has 2 atom stereocenters. The molecule has 9 nitrogen and oxygen atoms in total. The number of anilines is 1. The van der Waals surface area contributed by atoms with Crippen LogP contribution in [0.4, 0.5) is 5.82 Å². The summed E-state index contributed by atoms with van der Waals surface area (Å²) in [5.74, 6) is 0.531. The molecule has 1 aromatic heterocycles. The molecule has 2 rings (SSSR count). The van der Waals surface area contributed by atoms with E-state index < -0.39 is 27.8 Å². The lowest BCUT2D eigenvalue weighted by Crippen LogP contribution is -2.29. The second-order valence-electron chi connectivity index (χ2n) is 3.61. The Morgan fingerprint density at radius 1 is 1.68 bits per heavy atom. The van der Waals surface area contributed by atoms with Crippen molar-refractivity contribution >= 4 is 28.0 Å². The highest BCUT2D eigenvalue weighted by atomic mass is 32.3. The molecule has 1 aromatic rings. The minimum atomic E-state index is -4.50. The SMILES string of the molecule is Nc1ccn([C@@H]2CS[C@H](COS(=O)(=O)O)O2)c(=O)n1. The van der Waals surface area contributed by atoms with Gasteiger partial charge in [0.2, 0.25) is 0 Å². The van der Waals surface area contributed by atoms with Crippen molar-refractivity contribution in [1.29, 1.82) is 0 Å². The predicted molar refractivity (Wildman–Crippen MR) is 66.8 cm³/mol. The third kappa shape index (κ3) is 3.91. The lowest BCUT2D eigenvalue weighted by atomic mass is 10.5. The summed E-state index contributed by atoms with van der Waals surface area (Å²) in [6, 6.07) is 1.46. The molecule has 0 aliphatic carbocycles. The molecule has 3 N–H and O–H groups in total. The second kappa shape index (κ2) is 5.46. The molecule has 106 valence electrons.